The number of hydrogen-bond donors (Lipinski definition) is 1. The molecular formula is C18H37NaO4S. The van der Waals surface area contributed by atoms with Gasteiger partial charge in [-0.2, -0.15) is 0 Å². The zero-order valence-corrected chi connectivity index (χ0v) is 19.0. The van der Waals surface area contributed by atoms with Gasteiger partial charge in [0.1, 0.15) is 0 Å². The minimum atomic E-state index is -4.15. The van der Waals surface area contributed by atoms with Gasteiger partial charge in [0.15, 0.2) is 0 Å². The summed E-state index contributed by atoms with van der Waals surface area (Å²) in [5, 5.41) is 8.77. The fourth-order valence-electron chi connectivity index (χ4n) is 2.89. The molecule has 2 unspecified atom stereocenters. The van der Waals surface area contributed by atoms with E-state index in [0.29, 0.717) is 12.8 Å². The first-order chi connectivity index (χ1) is 10.9. The van der Waals surface area contributed by atoms with Crippen molar-refractivity contribution in [2.24, 2.45) is 0 Å². The van der Waals surface area contributed by atoms with Gasteiger partial charge < -0.3 is 9.66 Å². The summed E-state index contributed by atoms with van der Waals surface area (Å²) in [6.45, 7) is 4.13. The van der Waals surface area contributed by atoms with Crippen LogP contribution < -0.4 is 29.6 Å². The molecule has 0 spiro atoms. The number of unbranched alkanes of at least 4 members (excludes halogenated alkanes) is 8. The normalized spacial score (nSPS) is 14.2. The molecule has 0 aliphatic heterocycles. The summed E-state index contributed by atoms with van der Waals surface area (Å²) in [6.07, 6.45) is 12.8. The summed E-state index contributed by atoms with van der Waals surface area (Å²) in [5.74, 6) is 0. The Balaban J connectivity index is 0. The Morgan fingerprint density at radius 2 is 1.21 bits per heavy atom. The van der Waals surface area contributed by atoms with Crippen LogP contribution in [0.3, 0.4) is 0 Å². The van der Waals surface area contributed by atoms with E-state index in [1.165, 1.54) is 12.8 Å². The van der Waals surface area contributed by atoms with Crippen LogP contribution >= 0.6 is 0 Å². The Morgan fingerprint density at radius 3 is 1.62 bits per heavy atom. The van der Waals surface area contributed by atoms with Gasteiger partial charge in [-0.15, -0.1) is 0 Å². The van der Waals surface area contributed by atoms with Gasteiger partial charge in [-0.25, -0.2) is 8.42 Å². The van der Waals surface area contributed by atoms with Crippen LogP contribution in [0.25, 0.3) is 0 Å². The van der Waals surface area contributed by atoms with Gasteiger partial charge in [-0.05, 0) is 25.7 Å². The number of rotatable bonds is 16. The molecule has 0 heterocycles. The molecule has 0 aliphatic carbocycles. The third-order valence-electron chi connectivity index (χ3n) is 4.57. The van der Waals surface area contributed by atoms with Crippen molar-refractivity contribution in [1.29, 1.82) is 0 Å². The number of aliphatic hydroxyl groups excluding tert-OH is 1. The molecule has 0 aromatic carbocycles. The molecule has 0 fully saturated rings. The monoisotopic (exact) mass is 372 g/mol. The quantitative estimate of drug-likeness (QED) is 0.254. The van der Waals surface area contributed by atoms with Crippen molar-refractivity contribution in [2.45, 2.75) is 115 Å². The van der Waals surface area contributed by atoms with Gasteiger partial charge in [0.2, 0.25) is 0 Å². The standard InChI is InChI=1S/C18H38O4S.Na/c1-3-5-6-8-12-15-18(23(20,21)22)16-13-10-7-9-11-14-17(19)4-2;/h17-19H,3-16H2,1-2H3,(H,20,21,22);/q;+1/p-1. The van der Waals surface area contributed by atoms with Crippen LogP contribution in [0.5, 0.6) is 0 Å². The molecule has 0 aromatic heterocycles. The van der Waals surface area contributed by atoms with Crippen molar-refractivity contribution in [3.63, 3.8) is 0 Å². The van der Waals surface area contributed by atoms with E-state index in [-0.39, 0.29) is 35.7 Å². The minimum Gasteiger partial charge on any atom is -0.748 e. The first-order valence-corrected chi connectivity index (χ1v) is 11.0. The zero-order chi connectivity index (χ0) is 17.6. The van der Waals surface area contributed by atoms with Crippen LogP contribution in [-0.2, 0) is 10.1 Å². The Kier molecular flexibility index (Phi) is 19.5. The van der Waals surface area contributed by atoms with E-state index in [1.807, 2.05) is 6.92 Å². The van der Waals surface area contributed by atoms with Gasteiger partial charge in [0.25, 0.3) is 0 Å². The topological polar surface area (TPSA) is 77.4 Å². The van der Waals surface area contributed by atoms with Crippen LogP contribution in [0.1, 0.15) is 104 Å². The van der Waals surface area contributed by atoms with Crippen LogP contribution in [-0.4, -0.2) is 29.4 Å². The molecule has 0 saturated carbocycles. The molecule has 140 valence electrons. The summed E-state index contributed by atoms with van der Waals surface area (Å²) in [4.78, 5) is 0. The van der Waals surface area contributed by atoms with Gasteiger partial charge in [-0.3, -0.25) is 0 Å². The van der Waals surface area contributed by atoms with Crippen molar-refractivity contribution in [3.8, 4) is 0 Å². The Hall–Kier alpha value is 0.870. The molecule has 0 rings (SSSR count). The molecule has 2 atom stereocenters. The minimum absolute atomic E-state index is 0. The van der Waals surface area contributed by atoms with E-state index in [9.17, 15) is 18.1 Å². The molecule has 1 N–H and O–H groups in total. The Bertz CT molecular complexity index is 360. The van der Waals surface area contributed by atoms with Crippen LogP contribution in [0.15, 0.2) is 0 Å². The molecule has 0 bridgehead atoms. The second-order valence-corrected chi connectivity index (χ2v) is 8.38. The van der Waals surface area contributed by atoms with Crippen molar-refractivity contribution in [1.82, 2.24) is 0 Å². The number of hydrogen-bond acceptors (Lipinski definition) is 4. The number of aliphatic hydroxyl groups is 1. The zero-order valence-electron chi connectivity index (χ0n) is 16.1. The molecule has 6 heteroatoms. The van der Waals surface area contributed by atoms with E-state index < -0.39 is 15.4 Å². The van der Waals surface area contributed by atoms with Crippen LogP contribution in [0, 0.1) is 0 Å². The molecule has 4 nitrogen and oxygen atoms in total. The van der Waals surface area contributed by atoms with Crippen molar-refractivity contribution < 1.29 is 47.6 Å². The first kappa shape index (κ1) is 27.1. The predicted octanol–water partition coefficient (Wildman–Crippen LogP) is 1.77. The van der Waals surface area contributed by atoms with E-state index in [4.69, 9.17) is 0 Å². The fourth-order valence-corrected chi connectivity index (χ4v) is 3.81. The molecule has 0 amide bonds. The van der Waals surface area contributed by atoms with Crippen molar-refractivity contribution in [3.05, 3.63) is 0 Å². The molecule has 24 heavy (non-hydrogen) atoms. The van der Waals surface area contributed by atoms with E-state index in [1.54, 1.807) is 0 Å². The largest absolute Gasteiger partial charge is 1.00 e. The molecule has 0 aromatic rings. The second-order valence-electron chi connectivity index (χ2n) is 6.72. The molecule has 0 aliphatic rings. The maximum absolute atomic E-state index is 11.3. The van der Waals surface area contributed by atoms with Gasteiger partial charge in [-0.1, -0.05) is 78.1 Å². The third-order valence-corrected chi connectivity index (χ3v) is 5.86. The van der Waals surface area contributed by atoms with Crippen molar-refractivity contribution in [2.75, 3.05) is 0 Å². The smallest absolute Gasteiger partial charge is 0.748 e. The second kappa shape index (κ2) is 17.3. The van der Waals surface area contributed by atoms with Gasteiger partial charge >= 0.3 is 29.6 Å². The van der Waals surface area contributed by atoms with Gasteiger partial charge in [0.05, 0.1) is 16.2 Å². The summed E-state index contributed by atoms with van der Waals surface area (Å²) >= 11 is 0. The molecular weight excluding hydrogens is 335 g/mol. The average Bonchev–Trinajstić information content (AvgIpc) is 2.50. The first-order valence-electron chi connectivity index (χ1n) is 9.54. The summed E-state index contributed by atoms with van der Waals surface area (Å²) in [7, 11) is -4.15. The van der Waals surface area contributed by atoms with E-state index >= 15 is 0 Å². The summed E-state index contributed by atoms with van der Waals surface area (Å²) < 4.78 is 34.0. The molecule has 0 saturated heterocycles. The third kappa shape index (κ3) is 16.3. The van der Waals surface area contributed by atoms with Crippen LogP contribution in [0.2, 0.25) is 0 Å². The van der Waals surface area contributed by atoms with Gasteiger partial charge in [0, 0.05) is 5.25 Å². The Labute approximate surface area is 172 Å². The van der Waals surface area contributed by atoms with E-state index in [0.717, 1.165) is 64.2 Å². The van der Waals surface area contributed by atoms with E-state index in [2.05, 4.69) is 6.92 Å². The maximum Gasteiger partial charge on any atom is 1.00 e. The van der Waals surface area contributed by atoms with Crippen molar-refractivity contribution >= 4 is 10.1 Å². The molecule has 0 radical (unpaired) electrons. The Morgan fingerprint density at radius 1 is 0.792 bits per heavy atom. The van der Waals surface area contributed by atoms with Crippen LogP contribution in [0.4, 0.5) is 0 Å². The maximum atomic E-state index is 11.3. The summed E-state index contributed by atoms with van der Waals surface area (Å²) in [5.41, 5.74) is 0. The fraction of sp³-hybridized carbons (Fsp3) is 1.00. The SMILES string of the molecule is CCCCCCCC(CCCCCCCC(O)CC)S(=O)(=O)[O-].[Na+]. The predicted molar refractivity (Wildman–Crippen MR) is 95.5 cm³/mol. The average molecular weight is 373 g/mol. The summed E-state index contributed by atoms with van der Waals surface area (Å²) in [6, 6.07) is 0.